The zero-order valence-electron chi connectivity index (χ0n) is 22.9. The maximum absolute atomic E-state index is 11.9. The predicted molar refractivity (Wildman–Crippen MR) is 134 cm³/mol. The number of hydrogen-bond acceptors (Lipinski definition) is 10. The smallest absolute Gasteiger partial charge is 0.303 e. The summed E-state index contributed by atoms with van der Waals surface area (Å²) in [5, 5.41) is 11.3. The largest absolute Gasteiger partial charge is 0.481 e. The Labute approximate surface area is 224 Å². The lowest BCUT2D eigenvalue weighted by molar-refractivity contribution is -0.277. The van der Waals surface area contributed by atoms with Gasteiger partial charge in [-0.2, -0.15) is 0 Å². The highest BCUT2D eigenvalue weighted by Crippen LogP contribution is 2.28. The third-order valence-corrected chi connectivity index (χ3v) is 5.89. The summed E-state index contributed by atoms with van der Waals surface area (Å²) in [6.45, 7) is 4.93. The van der Waals surface area contributed by atoms with Gasteiger partial charge in [-0.15, -0.1) is 0 Å². The fraction of sp³-hybridized carbons (Fsp3) is 0.808. The number of unbranched alkanes of at least 4 members (excludes halogenated alkanes) is 8. The number of carbonyl (C=O) groups is 5. The highest BCUT2D eigenvalue weighted by molar-refractivity contribution is 5.73. The van der Waals surface area contributed by atoms with Gasteiger partial charge < -0.3 is 34.1 Å². The van der Waals surface area contributed by atoms with Crippen molar-refractivity contribution < 1.29 is 52.8 Å². The van der Waals surface area contributed by atoms with Crippen molar-refractivity contribution in [2.75, 3.05) is 13.2 Å². The molecule has 2 N–H and O–H groups in total. The van der Waals surface area contributed by atoms with Gasteiger partial charge >= 0.3 is 23.9 Å². The van der Waals surface area contributed by atoms with E-state index < -0.39 is 60.4 Å². The monoisotopic (exact) mass is 545 g/mol. The molecule has 5 atom stereocenters. The van der Waals surface area contributed by atoms with Crippen molar-refractivity contribution in [3.63, 3.8) is 0 Å². The van der Waals surface area contributed by atoms with Crippen LogP contribution >= 0.6 is 0 Å². The van der Waals surface area contributed by atoms with Crippen molar-refractivity contribution >= 4 is 29.8 Å². The summed E-state index contributed by atoms with van der Waals surface area (Å²) in [7, 11) is 0. The lowest BCUT2D eigenvalue weighted by Crippen LogP contribution is -2.66. The summed E-state index contributed by atoms with van der Waals surface area (Å²) < 4.78 is 27.8. The van der Waals surface area contributed by atoms with Crippen LogP contribution in [0.2, 0.25) is 0 Å². The number of nitrogens with one attached hydrogen (secondary N) is 1. The van der Waals surface area contributed by atoms with Crippen LogP contribution < -0.4 is 5.32 Å². The van der Waals surface area contributed by atoms with Crippen molar-refractivity contribution in [1.29, 1.82) is 0 Å². The third kappa shape index (κ3) is 14.3. The Morgan fingerprint density at radius 2 is 1.26 bits per heavy atom. The van der Waals surface area contributed by atoms with E-state index >= 15 is 0 Å². The lowest BCUT2D eigenvalue weighted by atomic mass is 9.96. The van der Waals surface area contributed by atoms with Gasteiger partial charge in [-0.25, -0.2) is 0 Å². The van der Waals surface area contributed by atoms with E-state index in [0.29, 0.717) is 6.61 Å². The highest BCUT2D eigenvalue weighted by atomic mass is 16.7. The van der Waals surface area contributed by atoms with E-state index in [1.165, 1.54) is 27.7 Å². The van der Waals surface area contributed by atoms with E-state index in [0.717, 1.165) is 57.8 Å². The van der Waals surface area contributed by atoms with Crippen LogP contribution in [0.1, 0.15) is 91.9 Å². The number of carboxylic acids is 1. The summed E-state index contributed by atoms with van der Waals surface area (Å²) in [4.78, 5) is 57.5. The van der Waals surface area contributed by atoms with Crippen molar-refractivity contribution in [3.8, 4) is 0 Å². The molecule has 0 aromatic rings. The minimum absolute atomic E-state index is 0.226. The van der Waals surface area contributed by atoms with Crippen LogP contribution in [0.25, 0.3) is 0 Å². The van der Waals surface area contributed by atoms with Crippen LogP contribution in [0.3, 0.4) is 0 Å². The predicted octanol–water partition coefficient (Wildman–Crippen LogP) is 2.64. The SMILES string of the molecule is CC(=O)N[C@H]1[C@H](OCCCCCCCCCCCC(=O)O)O[C@H](COC(C)=O)[C@H](OC(C)=O)[C@@H]1OC(C)=O. The molecule has 0 saturated carbocycles. The Hall–Kier alpha value is -2.73. The van der Waals surface area contributed by atoms with Crippen LogP contribution in [0.4, 0.5) is 0 Å². The molecule has 1 aliphatic heterocycles. The van der Waals surface area contributed by atoms with E-state index in [2.05, 4.69) is 5.32 Å². The molecule has 0 radical (unpaired) electrons. The molecule has 0 aliphatic carbocycles. The first kappa shape index (κ1) is 33.3. The molecule has 218 valence electrons. The maximum atomic E-state index is 11.9. The van der Waals surface area contributed by atoms with Crippen molar-refractivity contribution in [1.82, 2.24) is 5.32 Å². The quantitative estimate of drug-likeness (QED) is 0.148. The van der Waals surface area contributed by atoms with Gasteiger partial charge in [0.25, 0.3) is 0 Å². The Balaban J connectivity index is 2.67. The van der Waals surface area contributed by atoms with E-state index in [-0.39, 0.29) is 13.0 Å². The zero-order valence-corrected chi connectivity index (χ0v) is 22.9. The number of amides is 1. The number of esters is 3. The topological polar surface area (TPSA) is 164 Å². The van der Waals surface area contributed by atoms with Gasteiger partial charge in [0.1, 0.15) is 18.8 Å². The fourth-order valence-electron chi connectivity index (χ4n) is 4.25. The number of rotatable bonds is 18. The Kier molecular flexibility index (Phi) is 16.2. The molecule has 0 aromatic carbocycles. The lowest BCUT2D eigenvalue weighted by Gasteiger charge is -2.44. The van der Waals surface area contributed by atoms with Gasteiger partial charge in [-0.05, 0) is 12.8 Å². The molecular weight excluding hydrogens is 502 g/mol. The van der Waals surface area contributed by atoms with Crippen LogP contribution in [-0.2, 0) is 47.7 Å². The van der Waals surface area contributed by atoms with E-state index in [1.54, 1.807) is 0 Å². The van der Waals surface area contributed by atoms with Gasteiger partial charge in [0.05, 0.1) is 0 Å². The average Bonchev–Trinajstić information content (AvgIpc) is 2.80. The fourth-order valence-corrected chi connectivity index (χ4v) is 4.25. The summed E-state index contributed by atoms with van der Waals surface area (Å²) in [5.41, 5.74) is 0. The summed E-state index contributed by atoms with van der Waals surface area (Å²) in [6, 6.07) is -0.963. The number of aliphatic carboxylic acids is 1. The van der Waals surface area contributed by atoms with Crippen LogP contribution in [0.5, 0.6) is 0 Å². The number of ether oxygens (including phenoxy) is 5. The Morgan fingerprint density at radius 3 is 1.76 bits per heavy atom. The number of carbonyl (C=O) groups excluding carboxylic acids is 4. The molecule has 0 spiro atoms. The molecule has 1 aliphatic rings. The van der Waals surface area contributed by atoms with Crippen molar-refractivity contribution in [3.05, 3.63) is 0 Å². The first-order valence-electron chi connectivity index (χ1n) is 13.2. The third-order valence-electron chi connectivity index (χ3n) is 5.89. The van der Waals surface area contributed by atoms with Crippen LogP contribution in [-0.4, -0.2) is 78.7 Å². The van der Waals surface area contributed by atoms with E-state index in [9.17, 15) is 24.0 Å². The van der Waals surface area contributed by atoms with Crippen molar-refractivity contribution in [2.24, 2.45) is 0 Å². The molecule has 1 rings (SSSR count). The van der Waals surface area contributed by atoms with Gasteiger partial charge in [0, 0.05) is 40.7 Å². The number of carboxylic acid groups (broad SMARTS) is 1. The van der Waals surface area contributed by atoms with Gasteiger partial charge in [-0.1, -0.05) is 44.9 Å². The Bertz CT molecular complexity index is 772. The van der Waals surface area contributed by atoms with Crippen LogP contribution in [0, 0.1) is 0 Å². The van der Waals surface area contributed by atoms with E-state index in [1.807, 2.05) is 0 Å². The molecule has 1 amide bonds. The molecule has 1 heterocycles. The molecule has 12 nitrogen and oxygen atoms in total. The molecular formula is C26H43NO11. The number of hydrogen-bond donors (Lipinski definition) is 2. The minimum Gasteiger partial charge on any atom is -0.481 e. The van der Waals surface area contributed by atoms with Crippen LogP contribution in [0.15, 0.2) is 0 Å². The molecule has 0 bridgehead atoms. The standard InChI is InChI=1S/C26H43NO11/c1-17(28)27-23-25(37-20(4)31)24(36-19(3)30)21(16-35-18(2)29)38-26(23)34-15-13-11-9-7-5-6-8-10-12-14-22(32)33/h21,23-26H,5-16H2,1-4H3,(H,27,28)(H,32,33)/t21-,23-,24+,25-,26-/m1/s1. The zero-order chi connectivity index (χ0) is 28.5. The van der Waals surface area contributed by atoms with Gasteiger partial charge in [0.15, 0.2) is 18.5 Å². The first-order chi connectivity index (χ1) is 18.0. The molecule has 38 heavy (non-hydrogen) atoms. The van der Waals surface area contributed by atoms with Gasteiger partial charge in [-0.3, -0.25) is 24.0 Å². The molecule has 1 saturated heterocycles. The summed E-state index contributed by atoms with van der Waals surface area (Å²) in [6.07, 6.45) is 4.50. The average molecular weight is 546 g/mol. The van der Waals surface area contributed by atoms with Crippen molar-refractivity contribution in [2.45, 2.75) is 123 Å². The second kappa shape index (κ2) is 18.5. The first-order valence-corrected chi connectivity index (χ1v) is 13.2. The summed E-state index contributed by atoms with van der Waals surface area (Å²) >= 11 is 0. The Morgan fingerprint density at radius 1 is 0.737 bits per heavy atom. The van der Waals surface area contributed by atoms with Gasteiger partial charge in [0.2, 0.25) is 5.91 Å². The minimum atomic E-state index is -1.14. The summed E-state index contributed by atoms with van der Waals surface area (Å²) in [5.74, 6) is -3.06. The molecule has 0 unspecified atom stereocenters. The molecule has 1 fully saturated rings. The molecule has 0 aromatic heterocycles. The second-order valence-electron chi connectivity index (χ2n) is 9.42. The highest BCUT2D eigenvalue weighted by Gasteiger charge is 2.51. The normalized spacial score (nSPS) is 22.8. The maximum Gasteiger partial charge on any atom is 0.303 e. The van der Waals surface area contributed by atoms with E-state index in [4.69, 9.17) is 28.8 Å². The second-order valence-corrected chi connectivity index (χ2v) is 9.42. The molecule has 12 heteroatoms.